The second-order valence-electron chi connectivity index (χ2n) is 13.3. The van der Waals surface area contributed by atoms with Gasteiger partial charge in [-0.25, -0.2) is 9.59 Å². The van der Waals surface area contributed by atoms with Gasteiger partial charge in [0.25, 0.3) is 0 Å². The summed E-state index contributed by atoms with van der Waals surface area (Å²) < 4.78 is 22.2. The fraction of sp³-hybridized carbons (Fsp3) is 0.514. The Morgan fingerprint density at radius 3 is 2.34 bits per heavy atom. The second kappa shape index (κ2) is 13.8. The van der Waals surface area contributed by atoms with E-state index in [2.05, 4.69) is 32.3 Å². The molecule has 3 atom stereocenters. The zero-order valence-corrected chi connectivity index (χ0v) is 27.5. The third-order valence-corrected chi connectivity index (χ3v) is 8.49. The van der Waals surface area contributed by atoms with Crippen molar-refractivity contribution in [2.75, 3.05) is 34.5 Å². The summed E-state index contributed by atoms with van der Waals surface area (Å²) >= 11 is 0. The fourth-order valence-corrected chi connectivity index (χ4v) is 5.73. The van der Waals surface area contributed by atoms with Crippen molar-refractivity contribution >= 4 is 34.8 Å². The molecule has 0 radical (unpaired) electrons. The summed E-state index contributed by atoms with van der Waals surface area (Å²) in [4.78, 5) is 41.7. The molecule has 9 heteroatoms. The Labute approximate surface area is 261 Å². The minimum atomic E-state index is -1.00. The molecule has 2 unspecified atom stereocenters. The normalized spacial score (nSPS) is 19.3. The van der Waals surface area contributed by atoms with Crippen molar-refractivity contribution in [1.82, 2.24) is 10.2 Å². The van der Waals surface area contributed by atoms with E-state index < -0.39 is 41.1 Å². The maximum absolute atomic E-state index is 14.2. The van der Waals surface area contributed by atoms with Gasteiger partial charge in [0.2, 0.25) is 5.91 Å². The van der Waals surface area contributed by atoms with Gasteiger partial charge in [-0.3, -0.25) is 4.79 Å². The van der Waals surface area contributed by atoms with E-state index in [1.807, 2.05) is 57.2 Å². The summed E-state index contributed by atoms with van der Waals surface area (Å²) in [5.74, 6) is -0.267. The predicted octanol–water partition coefficient (Wildman–Crippen LogP) is 6.24. The molecular formula is C35H48N2O7. The quantitative estimate of drug-likeness (QED) is 0.225. The van der Waals surface area contributed by atoms with Crippen LogP contribution >= 0.6 is 0 Å². The van der Waals surface area contributed by atoms with E-state index in [-0.39, 0.29) is 25.0 Å². The van der Waals surface area contributed by atoms with Gasteiger partial charge in [-0.1, -0.05) is 65.5 Å². The average Bonchev–Trinajstić information content (AvgIpc) is 3.38. The summed E-state index contributed by atoms with van der Waals surface area (Å²) in [6.45, 7) is 17.7. The van der Waals surface area contributed by atoms with Crippen molar-refractivity contribution in [3.05, 3.63) is 60.7 Å². The number of carbonyl (C=O) groups is 3. The molecule has 9 nitrogen and oxygen atoms in total. The summed E-state index contributed by atoms with van der Waals surface area (Å²) in [7, 11) is 4.48. The van der Waals surface area contributed by atoms with Crippen molar-refractivity contribution < 1.29 is 33.3 Å². The van der Waals surface area contributed by atoms with Crippen molar-refractivity contribution in [3.63, 3.8) is 0 Å². The summed E-state index contributed by atoms with van der Waals surface area (Å²) in [6.07, 6.45) is 4.48. The standard InChI is InChI=1S/C35H48N2O7/c1-11-15-34(6,7)16-17-44-32(40)36-29(33(3,4)5)30(38)37-22-35(43-10,21-27(37)31(39)42-9)26-14-13-24-20-28(41-8)23(12-2)18-25(24)19-26/h11-14,18-20,27,29H,1-2,15-17,21-22H2,3-10H3,(H,36,40)/t27?,29-,35?/m1/s1. The lowest BCUT2D eigenvalue weighted by Gasteiger charge is -2.35. The Balaban J connectivity index is 1.93. The van der Waals surface area contributed by atoms with Crippen LogP contribution in [0.3, 0.4) is 0 Å². The van der Waals surface area contributed by atoms with Crippen LogP contribution in [0.15, 0.2) is 49.6 Å². The summed E-state index contributed by atoms with van der Waals surface area (Å²) in [5.41, 5.74) is -0.124. The summed E-state index contributed by atoms with van der Waals surface area (Å²) in [5, 5.41) is 4.67. The van der Waals surface area contributed by atoms with Crippen molar-refractivity contribution in [1.29, 1.82) is 0 Å². The van der Waals surface area contributed by atoms with Gasteiger partial charge in [0, 0.05) is 19.1 Å². The minimum Gasteiger partial charge on any atom is -0.496 e. The molecule has 1 aliphatic heterocycles. The molecule has 2 amide bonds. The Hall–Kier alpha value is -3.85. The number of esters is 1. The molecule has 240 valence electrons. The summed E-state index contributed by atoms with van der Waals surface area (Å²) in [6, 6.07) is 7.92. The van der Waals surface area contributed by atoms with Crippen LogP contribution in [0.4, 0.5) is 4.79 Å². The highest BCUT2D eigenvalue weighted by atomic mass is 16.5. The molecule has 0 aliphatic carbocycles. The number of benzene rings is 2. The van der Waals surface area contributed by atoms with Gasteiger partial charge in [0.05, 0.1) is 27.4 Å². The van der Waals surface area contributed by atoms with E-state index in [4.69, 9.17) is 18.9 Å². The number of hydrogen-bond acceptors (Lipinski definition) is 7. The van der Waals surface area contributed by atoms with Crippen LogP contribution in [-0.4, -0.2) is 69.4 Å². The van der Waals surface area contributed by atoms with Gasteiger partial charge in [0.1, 0.15) is 23.4 Å². The van der Waals surface area contributed by atoms with Gasteiger partial charge < -0.3 is 29.2 Å². The number of ether oxygens (including phenoxy) is 4. The molecule has 3 rings (SSSR count). The second-order valence-corrected chi connectivity index (χ2v) is 13.3. The van der Waals surface area contributed by atoms with Gasteiger partial charge in [-0.05, 0) is 58.2 Å². The largest absolute Gasteiger partial charge is 0.496 e. The van der Waals surface area contributed by atoms with Gasteiger partial charge in [0.15, 0.2) is 0 Å². The van der Waals surface area contributed by atoms with Crippen molar-refractivity contribution in [2.45, 2.75) is 71.6 Å². The van der Waals surface area contributed by atoms with Crippen LogP contribution in [0, 0.1) is 10.8 Å². The molecule has 1 N–H and O–H groups in total. The molecular weight excluding hydrogens is 560 g/mol. The lowest BCUT2D eigenvalue weighted by molar-refractivity contribution is -0.152. The lowest BCUT2D eigenvalue weighted by atomic mass is 9.85. The topological polar surface area (TPSA) is 103 Å². The minimum absolute atomic E-state index is 0.0733. The van der Waals surface area contributed by atoms with Crippen LogP contribution in [0.25, 0.3) is 16.8 Å². The number of likely N-dealkylation sites (tertiary alicyclic amines) is 1. The zero-order chi connectivity index (χ0) is 32.9. The average molecular weight is 609 g/mol. The van der Waals surface area contributed by atoms with E-state index >= 15 is 0 Å². The molecule has 0 bridgehead atoms. The number of carbonyl (C=O) groups excluding carboxylic acids is 3. The van der Waals surface area contributed by atoms with E-state index in [1.54, 1.807) is 20.3 Å². The van der Waals surface area contributed by atoms with Crippen molar-refractivity contribution in [3.8, 4) is 5.75 Å². The Bertz CT molecular complexity index is 1390. The van der Waals surface area contributed by atoms with Crippen molar-refractivity contribution in [2.24, 2.45) is 10.8 Å². The number of fused-ring (bicyclic) bond motifs is 1. The van der Waals surface area contributed by atoms with Crippen LogP contribution in [-0.2, 0) is 29.4 Å². The van der Waals surface area contributed by atoms with Gasteiger partial charge in [-0.15, -0.1) is 6.58 Å². The van der Waals surface area contributed by atoms with E-state index in [1.165, 1.54) is 12.0 Å². The first-order valence-corrected chi connectivity index (χ1v) is 14.9. The maximum atomic E-state index is 14.2. The fourth-order valence-electron chi connectivity index (χ4n) is 5.73. The Morgan fingerprint density at radius 2 is 1.77 bits per heavy atom. The van der Waals surface area contributed by atoms with Crippen LogP contribution < -0.4 is 10.1 Å². The number of nitrogens with one attached hydrogen (secondary N) is 1. The first-order valence-electron chi connectivity index (χ1n) is 14.9. The molecule has 1 heterocycles. The number of methoxy groups -OCH3 is 3. The van der Waals surface area contributed by atoms with Gasteiger partial charge in [-0.2, -0.15) is 0 Å². The first-order chi connectivity index (χ1) is 20.6. The lowest BCUT2D eigenvalue weighted by Crippen LogP contribution is -2.57. The third kappa shape index (κ3) is 7.62. The maximum Gasteiger partial charge on any atom is 0.407 e. The number of amides is 2. The SMILES string of the molecule is C=CCC(C)(C)CCOC(=O)N[C@H](C(=O)N1CC(OC)(c2ccc3cc(OC)c(C=C)cc3c2)CC1C(=O)OC)C(C)(C)C. The van der Waals surface area contributed by atoms with Crippen LogP contribution in [0.2, 0.25) is 0 Å². The number of hydrogen-bond donors (Lipinski definition) is 1. The number of allylic oxidation sites excluding steroid dienone is 1. The van der Waals surface area contributed by atoms with Crippen LogP contribution in [0.5, 0.6) is 5.75 Å². The molecule has 0 spiro atoms. The number of rotatable bonds is 12. The molecule has 2 aromatic carbocycles. The first kappa shape index (κ1) is 34.6. The molecule has 44 heavy (non-hydrogen) atoms. The smallest absolute Gasteiger partial charge is 0.407 e. The Morgan fingerprint density at radius 1 is 1.07 bits per heavy atom. The van der Waals surface area contributed by atoms with Gasteiger partial charge >= 0.3 is 12.1 Å². The van der Waals surface area contributed by atoms with E-state index in [9.17, 15) is 14.4 Å². The highest BCUT2D eigenvalue weighted by Crippen LogP contribution is 2.42. The molecule has 1 aliphatic rings. The number of alkyl carbamates (subject to hydrolysis) is 1. The van der Waals surface area contributed by atoms with E-state index in [0.717, 1.165) is 28.3 Å². The molecule has 1 saturated heterocycles. The third-order valence-electron chi connectivity index (χ3n) is 8.49. The highest BCUT2D eigenvalue weighted by Gasteiger charge is 2.53. The van der Waals surface area contributed by atoms with Crippen LogP contribution in [0.1, 0.15) is 65.0 Å². The monoisotopic (exact) mass is 608 g/mol. The zero-order valence-electron chi connectivity index (χ0n) is 27.5. The Kier molecular flexibility index (Phi) is 10.9. The van der Waals surface area contributed by atoms with E-state index in [0.29, 0.717) is 12.2 Å². The molecule has 0 aromatic heterocycles. The predicted molar refractivity (Wildman–Crippen MR) is 172 cm³/mol. The highest BCUT2D eigenvalue weighted by molar-refractivity contribution is 5.92. The number of nitrogens with zero attached hydrogens (tertiary/aromatic N) is 1. The molecule has 0 saturated carbocycles. The molecule has 2 aromatic rings. The molecule has 1 fully saturated rings.